The Balaban J connectivity index is 1.37. The van der Waals surface area contributed by atoms with Crippen LogP contribution in [-0.2, 0) is 17.6 Å². The highest BCUT2D eigenvalue weighted by atomic mass is 16.2. The van der Waals surface area contributed by atoms with Gasteiger partial charge in [0.15, 0.2) is 0 Å². The van der Waals surface area contributed by atoms with Crippen molar-refractivity contribution in [3.63, 3.8) is 0 Å². The van der Waals surface area contributed by atoms with Crippen LogP contribution < -0.4 is 0 Å². The van der Waals surface area contributed by atoms with Crippen molar-refractivity contribution in [2.75, 3.05) is 26.2 Å². The van der Waals surface area contributed by atoms with Crippen molar-refractivity contribution in [2.45, 2.75) is 38.5 Å². The number of carbonyl (C=O) groups excluding carboxylic acids is 2. The summed E-state index contributed by atoms with van der Waals surface area (Å²) in [6, 6.07) is 6.08. The molecule has 0 spiro atoms. The maximum Gasteiger partial charge on any atom is 0.256 e. The van der Waals surface area contributed by atoms with Crippen LogP contribution in [0.2, 0.25) is 0 Å². The van der Waals surface area contributed by atoms with Crippen LogP contribution in [0.25, 0.3) is 10.9 Å². The van der Waals surface area contributed by atoms with Crippen LogP contribution in [0.3, 0.4) is 0 Å². The van der Waals surface area contributed by atoms with E-state index in [0.29, 0.717) is 26.2 Å². The number of para-hydroxylation sites is 1. The van der Waals surface area contributed by atoms with Gasteiger partial charge in [-0.2, -0.15) is 0 Å². The highest BCUT2D eigenvalue weighted by molar-refractivity contribution is 6.07. The molecule has 1 aliphatic heterocycles. The lowest BCUT2D eigenvalue weighted by molar-refractivity contribution is -0.134. The molecule has 136 valence electrons. The Morgan fingerprint density at radius 1 is 0.962 bits per heavy atom. The van der Waals surface area contributed by atoms with Gasteiger partial charge in [0.25, 0.3) is 5.91 Å². The molecule has 0 radical (unpaired) electrons. The number of nitrogens with zero attached hydrogens (tertiary/aromatic N) is 2. The molecular weight excluding hydrogens is 326 g/mol. The number of carbonyl (C=O) groups is 2. The van der Waals surface area contributed by atoms with E-state index in [1.54, 1.807) is 0 Å². The average Bonchev–Trinajstić information content (AvgIpc) is 3.47. The summed E-state index contributed by atoms with van der Waals surface area (Å²) >= 11 is 0. The number of rotatable bonds is 2. The number of hydrogen-bond acceptors (Lipinski definition) is 2. The fourth-order valence-electron chi connectivity index (χ4n) is 4.50. The normalized spacial score (nSPS) is 20.3. The molecule has 2 fully saturated rings. The van der Waals surface area contributed by atoms with Crippen LogP contribution in [0.5, 0.6) is 0 Å². The van der Waals surface area contributed by atoms with E-state index in [4.69, 9.17) is 0 Å². The summed E-state index contributed by atoms with van der Waals surface area (Å²) in [5, 5.41) is 1.22. The second-order valence-electron chi connectivity index (χ2n) is 7.91. The molecule has 2 aromatic rings. The van der Waals surface area contributed by atoms with Gasteiger partial charge in [-0.25, -0.2) is 0 Å². The van der Waals surface area contributed by atoms with Gasteiger partial charge >= 0.3 is 0 Å². The lowest BCUT2D eigenvalue weighted by atomic mass is 9.95. The minimum atomic E-state index is 0.0905. The third-order valence-electron chi connectivity index (χ3n) is 6.17. The van der Waals surface area contributed by atoms with E-state index in [2.05, 4.69) is 11.1 Å². The lowest BCUT2D eigenvalue weighted by Gasteiger charge is -2.35. The van der Waals surface area contributed by atoms with Crippen LogP contribution in [0.1, 0.15) is 47.3 Å². The number of H-pyrrole nitrogens is 1. The molecule has 5 rings (SSSR count). The van der Waals surface area contributed by atoms with Gasteiger partial charge in [0.05, 0.1) is 11.1 Å². The predicted molar refractivity (Wildman–Crippen MR) is 100 cm³/mol. The first-order valence-electron chi connectivity index (χ1n) is 9.93. The number of fused-ring (bicyclic) bond motifs is 3. The molecule has 1 saturated heterocycles. The van der Waals surface area contributed by atoms with Gasteiger partial charge in [-0.1, -0.05) is 12.1 Å². The lowest BCUT2D eigenvalue weighted by Crippen LogP contribution is -2.51. The molecule has 0 atom stereocenters. The highest BCUT2D eigenvalue weighted by Crippen LogP contribution is 2.32. The molecule has 2 amide bonds. The number of nitrogens with one attached hydrogen (secondary N) is 1. The Morgan fingerprint density at radius 2 is 1.69 bits per heavy atom. The van der Waals surface area contributed by atoms with E-state index < -0.39 is 0 Å². The fraction of sp³-hybridized carbons (Fsp3) is 0.524. The van der Waals surface area contributed by atoms with E-state index in [0.717, 1.165) is 36.8 Å². The summed E-state index contributed by atoms with van der Waals surface area (Å²) in [6.45, 7) is 2.60. The van der Waals surface area contributed by atoms with E-state index >= 15 is 0 Å². The van der Waals surface area contributed by atoms with Crippen LogP contribution in [0, 0.1) is 5.92 Å². The number of piperazine rings is 1. The number of aromatic amines is 1. The largest absolute Gasteiger partial charge is 0.358 e. The molecule has 0 bridgehead atoms. The number of benzene rings is 1. The monoisotopic (exact) mass is 351 g/mol. The third-order valence-corrected chi connectivity index (χ3v) is 6.17. The van der Waals surface area contributed by atoms with Gasteiger partial charge in [0.1, 0.15) is 0 Å². The second kappa shape index (κ2) is 6.15. The molecule has 26 heavy (non-hydrogen) atoms. The molecule has 2 heterocycles. The molecule has 1 saturated carbocycles. The second-order valence-corrected chi connectivity index (χ2v) is 7.91. The maximum atomic E-state index is 13.2. The van der Waals surface area contributed by atoms with Crippen molar-refractivity contribution >= 4 is 22.7 Å². The zero-order valence-corrected chi connectivity index (χ0v) is 15.1. The average molecular weight is 351 g/mol. The number of aryl methyl sites for hydroxylation is 2. The Bertz CT molecular complexity index is 873. The Kier molecular flexibility index (Phi) is 3.76. The summed E-state index contributed by atoms with van der Waals surface area (Å²) in [7, 11) is 0. The summed E-state index contributed by atoms with van der Waals surface area (Å²) in [5.74, 6) is 0.639. The van der Waals surface area contributed by atoms with Crippen molar-refractivity contribution in [1.82, 2.24) is 14.8 Å². The third kappa shape index (κ3) is 2.61. The summed E-state index contributed by atoms with van der Waals surface area (Å²) in [6.07, 6.45) is 6.72. The fourth-order valence-corrected chi connectivity index (χ4v) is 4.50. The van der Waals surface area contributed by atoms with E-state index in [1.807, 2.05) is 21.9 Å². The highest BCUT2D eigenvalue weighted by Gasteiger charge is 2.35. The van der Waals surface area contributed by atoms with Crippen molar-refractivity contribution in [1.29, 1.82) is 0 Å². The van der Waals surface area contributed by atoms with Crippen molar-refractivity contribution < 1.29 is 9.59 Å². The molecule has 5 nitrogen and oxygen atoms in total. The first-order chi connectivity index (χ1) is 12.7. The quantitative estimate of drug-likeness (QED) is 0.904. The van der Waals surface area contributed by atoms with Crippen LogP contribution in [-0.4, -0.2) is 52.8 Å². The summed E-state index contributed by atoms with van der Waals surface area (Å²) < 4.78 is 0. The zero-order chi connectivity index (χ0) is 17.7. The molecule has 3 aliphatic rings. The number of hydrogen-bond donors (Lipinski definition) is 1. The first-order valence-corrected chi connectivity index (χ1v) is 9.93. The maximum absolute atomic E-state index is 13.2. The van der Waals surface area contributed by atoms with Gasteiger partial charge in [-0.3, -0.25) is 9.59 Å². The van der Waals surface area contributed by atoms with Crippen molar-refractivity contribution in [3.05, 3.63) is 35.0 Å². The minimum Gasteiger partial charge on any atom is -0.358 e. The number of aromatic nitrogens is 1. The van der Waals surface area contributed by atoms with Crippen LogP contribution >= 0.6 is 0 Å². The SMILES string of the molecule is O=C(c1cccc2c3c([nH]c12)CCCC3)N1CCN(C(=O)C2CC2)CC1. The summed E-state index contributed by atoms with van der Waals surface area (Å²) in [4.78, 5) is 32.8. The predicted octanol–water partition coefficient (Wildman–Crippen LogP) is 2.74. The first kappa shape index (κ1) is 15.9. The van der Waals surface area contributed by atoms with E-state index in [-0.39, 0.29) is 17.7 Å². The van der Waals surface area contributed by atoms with Crippen LogP contribution in [0.4, 0.5) is 0 Å². The number of amides is 2. The van der Waals surface area contributed by atoms with Gasteiger partial charge in [-0.05, 0) is 50.2 Å². The zero-order valence-electron chi connectivity index (χ0n) is 15.1. The molecule has 1 aromatic carbocycles. The van der Waals surface area contributed by atoms with Crippen molar-refractivity contribution in [3.8, 4) is 0 Å². The molecule has 5 heteroatoms. The Hall–Kier alpha value is -2.30. The molecule has 1 aromatic heterocycles. The van der Waals surface area contributed by atoms with Gasteiger partial charge < -0.3 is 14.8 Å². The van der Waals surface area contributed by atoms with Gasteiger partial charge in [0, 0.05) is 43.2 Å². The molecule has 0 unspecified atom stereocenters. The molecular formula is C21H25N3O2. The Labute approximate surface area is 153 Å². The van der Waals surface area contributed by atoms with Gasteiger partial charge in [-0.15, -0.1) is 0 Å². The van der Waals surface area contributed by atoms with E-state index in [9.17, 15) is 9.59 Å². The van der Waals surface area contributed by atoms with Crippen molar-refractivity contribution in [2.24, 2.45) is 5.92 Å². The topological polar surface area (TPSA) is 56.4 Å². The Morgan fingerprint density at radius 3 is 2.46 bits per heavy atom. The van der Waals surface area contributed by atoms with E-state index in [1.165, 1.54) is 29.5 Å². The van der Waals surface area contributed by atoms with Crippen LogP contribution in [0.15, 0.2) is 18.2 Å². The standard InChI is InChI=1S/C21H25N3O2/c25-20(14-8-9-14)23-10-12-24(13-11-23)21(26)17-6-3-5-16-15-4-1-2-7-18(15)22-19(16)17/h3,5-6,14,22H,1-2,4,7-13H2. The van der Waals surface area contributed by atoms with Gasteiger partial charge in [0.2, 0.25) is 5.91 Å². The molecule has 1 N–H and O–H groups in total. The smallest absolute Gasteiger partial charge is 0.256 e. The summed E-state index contributed by atoms with van der Waals surface area (Å²) in [5.41, 5.74) is 4.49. The molecule has 2 aliphatic carbocycles. The minimum absolute atomic E-state index is 0.0905.